The molecular formula is C17H25NO7. The molecule has 1 aromatic carbocycles. The molecule has 0 spiro atoms. The highest BCUT2D eigenvalue weighted by Crippen LogP contribution is 2.28. The molecule has 0 aliphatic carbocycles. The van der Waals surface area contributed by atoms with E-state index in [1.807, 2.05) is 0 Å². The number of aliphatic carboxylic acids is 1. The first-order valence-electron chi connectivity index (χ1n) is 7.68. The van der Waals surface area contributed by atoms with Crippen LogP contribution in [0.3, 0.4) is 0 Å². The van der Waals surface area contributed by atoms with Crippen molar-refractivity contribution in [2.24, 2.45) is 0 Å². The number of ether oxygens (including phenoxy) is 3. The standard InChI is InChI=1S/C17H25NO7/c1-17(2,3)25-16(22)18-11(14(19)15(20)21)8-10-6-7-12(23-4)13(9-10)24-5/h6-7,9,11,14,19H,8H2,1-5H3,(H,18,22)(H,20,21). The highest BCUT2D eigenvalue weighted by molar-refractivity contribution is 5.75. The van der Waals surface area contributed by atoms with E-state index in [1.54, 1.807) is 39.0 Å². The Bertz CT molecular complexity index is 610. The van der Waals surface area contributed by atoms with Crippen molar-refractivity contribution in [3.8, 4) is 11.5 Å². The van der Waals surface area contributed by atoms with Crippen molar-refractivity contribution in [3.05, 3.63) is 23.8 Å². The average Bonchev–Trinajstić information content (AvgIpc) is 2.51. The van der Waals surface area contributed by atoms with Crippen molar-refractivity contribution in [2.75, 3.05) is 14.2 Å². The second-order valence-corrected chi connectivity index (χ2v) is 6.43. The predicted molar refractivity (Wildman–Crippen MR) is 90.1 cm³/mol. The topological polar surface area (TPSA) is 114 Å². The quantitative estimate of drug-likeness (QED) is 0.680. The molecule has 140 valence electrons. The first kappa shape index (κ1) is 20.6. The molecule has 2 atom stereocenters. The number of amides is 1. The number of carbonyl (C=O) groups excluding carboxylic acids is 1. The van der Waals surface area contributed by atoms with Gasteiger partial charge in [0.05, 0.1) is 20.3 Å². The van der Waals surface area contributed by atoms with Crippen LogP contribution in [0, 0.1) is 0 Å². The van der Waals surface area contributed by atoms with Crippen molar-refractivity contribution in [3.63, 3.8) is 0 Å². The summed E-state index contributed by atoms with van der Waals surface area (Å²) < 4.78 is 15.5. The third-order valence-electron chi connectivity index (χ3n) is 3.24. The second-order valence-electron chi connectivity index (χ2n) is 6.43. The summed E-state index contributed by atoms with van der Waals surface area (Å²) in [5.74, 6) is -0.468. The molecule has 0 fully saturated rings. The monoisotopic (exact) mass is 355 g/mol. The van der Waals surface area contributed by atoms with Gasteiger partial charge in [-0.1, -0.05) is 6.07 Å². The summed E-state index contributed by atoms with van der Waals surface area (Å²) in [6.45, 7) is 5.05. The van der Waals surface area contributed by atoms with Crippen LogP contribution in [0.1, 0.15) is 26.3 Å². The Kier molecular flexibility index (Phi) is 7.05. The molecule has 0 aliphatic rings. The number of alkyl carbamates (subject to hydrolysis) is 1. The van der Waals surface area contributed by atoms with Crippen LogP contribution in [0.2, 0.25) is 0 Å². The number of carboxylic acid groups (broad SMARTS) is 1. The van der Waals surface area contributed by atoms with Gasteiger partial charge in [-0.25, -0.2) is 9.59 Å². The van der Waals surface area contributed by atoms with Gasteiger partial charge in [0.25, 0.3) is 0 Å². The Morgan fingerprint density at radius 1 is 1.16 bits per heavy atom. The highest BCUT2D eigenvalue weighted by atomic mass is 16.6. The number of hydrogen-bond donors (Lipinski definition) is 3. The minimum absolute atomic E-state index is 0.0626. The minimum atomic E-state index is -1.79. The molecule has 0 radical (unpaired) electrons. The molecule has 25 heavy (non-hydrogen) atoms. The van der Waals surface area contributed by atoms with Crippen LogP contribution < -0.4 is 14.8 Å². The van der Waals surface area contributed by atoms with Crippen molar-refractivity contribution in [1.29, 1.82) is 0 Å². The summed E-state index contributed by atoms with van der Waals surface area (Å²) in [5, 5.41) is 21.4. The van der Waals surface area contributed by atoms with E-state index in [4.69, 9.17) is 19.3 Å². The van der Waals surface area contributed by atoms with E-state index in [2.05, 4.69) is 5.32 Å². The van der Waals surface area contributed by atoms with Gasteiger partial charge in [-0.05, 0) is 44.9 Å². The lowest BCUT2D eigenvalue weighted by molar-refractivity contribution is -0.148. The number of carbonyl (C=O) groups is 2. The maximum atomic E-state index is 11.9. The second kappa shape index (κ2) is 8.57. The van der Waals surface area contributed by atoms with Gasteiger partial charge in [-0.15, -0.1) is 0 Å². The Labute approximate surface area is 146 Å². The number of nitrogens with one attached hydrogen (secondary N) is 1. The van der Waals surface area contributed by atoms with Gasteiger partial charge in [0.1, 0.15) is 5.60 Å². The van der Waals surface area contributed by atoms with Gasteiger partial charge < -0.3 is 29.7 Å². The van der Waals surface area contributed by atoms with Gasteiger partial charge in [0.15, 0.2) is 17.6 Å². The maximum absolute atomic E-state index is 11.9. The van der Waals surface area contributed by atoms with Crippen LogP contribution in [0.15, 0.2) is 18.2 Å². The Morgan fingerprint density at radius 2 is 1.76 bits per heavy atom. The van der Waals surface area contributed by atoms with E-state index in [1.165, 1.54) is 14.2 Å². The molecule has 8 heteroatoms. The number of carboxylic acids is 1. The minimum Gasteiger partial charge on any atom is -0.493 e. The third-order valence-corrected chi connectivity index (χ3v) is 3.24. The predicted octanol–water partition coefficient (Wildman–Crippen LogP) is 1.59. The van der Waals surface area contributed by atoms with Crippen LogP contribution in [0.25, 0.3) is 0 Å². The Balaban J connectivity index is 2.98. The molecule has 8 nitrogen and oxygen atoms in total. The molecule has 1 aromatic rings. The number of hydrogen-bond acceptors (Lipinski definition) is 6. The average molecular weight is 355 g/mol. The maximum Gasteiger partial charge on any atom is 0.407 e. The van der Waals surface area contributed by atoms with Crippen LogP contribution in [0.4, 0.5) is 4.79 Å². The van der Waals surface area contributed by atoms with Crippen molar-refractivity contribution < 1.29 is 34.0 Å². The lowest BCUT2D eigenvalue weighted by atomic mass is 10.0. The lowest BCUT2D eigenvalue weighted by Gasteiger charge is -2.25. The number of methoxy groups -OCH3 is 2. The van der Waals surface area contributed by atoms with E-state index < -0.39 is 29.8 Å². The third kappa shape index (κ3) is 6.50. The summed E-state index contributed by atoms with van der Waals surface area (Å²) in [5.41, 5.74) is -0.0920. The van der Waals surface area contributed by atoms with E-state index in [-0.39, 0.29) is 6.42 Å². The number of aliphatic hydroxyl groups is 1. The largest absolute Gasteiger partial charge is 0.493 e. The molecule has 0 saturated carbocycles. The summed E-state index contributed by atoms with van der Waals surface area (Å²) in [4.78, 5) is 23.1. The smallest absolute Gasteiger partial charge is 0.407 e. The normalized spacial score (nSPS) is 13.5. The summed E-state index contributed by atoms with van der Waals surface area (Å²) in [6, 6.07) is 3.92. The zero-order valence-corrected chi connectivity index (χ0v) is 15.0. The van der Waals surface area contributed by atoms with Crippen LogP contribution in [-0.4, -0.2) is 54.2 Å². The molecule has 1 amide bonds. The zero-order chi connectivity index (χ0) is 19.2. The Morgan fingerprint density at radius 3 is 2.24 bits per heavy atom. The molecule has 0 aliphatic heterocycles. The van der Waals surface area contributed by atoms with Gasteiger partial charge >= 0.3 is 12.1 Å². The fourth-order valence-electron chi connectivity index (χ4n) is 2.13. The highest BCUT2D eigenvalue weighted by Gasteiger charge is 2.29. The van der Waals surface area contributed by atoms with E-state index in [9.17, 15) is 14.7 Å². The van der Waals surface area contributed by atoms with Crippen molar-refractivity contribution in [1.82, 2.24) is 5.32 Å². The van der Waals surface area contributed by atoms with Crippen LogP contribution in [-0.2, 0) is 16.0 Å². The molecule has 0 aromatic heterocycles. The molecule has 3 N–H and O–H groups in total. The fraction of sp³-hybridized carbons (Fsp3) is 0.529. The van der Waals surface area contributed by atoms with E-state index in [0.717, 1.165) is 0 Å². The zero-order valence-electron chi connectivity index (χ0n) is 15.0. The van der Waals surface area contributed by atoms with Crippen molar-refractivity contribution in [2.45, 2.75) is 44.9 Å². The van der Waals surface area contributed by atoms with Crippen molar-refractivity contribution >= 4 is 12.1 Å². The van der Waals surface area contributed by atoms with Crippen LogP contribution >= 0.6 is 0 Å². The number of rotatable bonds is 7. The first-order valence-corrected chi connectivity index (χ1v) is 7.68. The molecule has 1 rings (SSSR count). The Hall–Kier alpha value is -2.48. The molecule has 0 bridgehead atoms. The molecular weight excluding hydrogens is 330 g/mol. The first-order chi connectivity index (χ1) is 11.6. The van der Waals surface area contributed by atoms with Crippen LogP contribution in [0.5, 0.6) is 11.5 Å². The van der Waals surface area contributed by atoms with Gasteiger partial charge in [-0.2, -0.15) is 0 Å². The lowest BCUT2D eigenvalue weighted by Crippen LogP contribution is -2.49. The summed E-state index contributed by atoms with van der Waals surface area (Å²) in [6.07, 6.45) is -2.54. The SMILES string of the molecule is COc1ccc(CC(NC(=O)OC(C)(C)C)C(O)C(=O)O)cc1OC. The molecule has 0 heterocycles. The van der Waals surface area contributed by atoms with Gasteiger partial charge in [-0.3, -0.25) is 0 Å². The van der Waals surface area contributed by atoms with Gasteiger partial charge in [0, 0.05) is 0 Å². The summed E-state index contributed by atoms with van der Waals surface area (Å²) in [7, 11) is 2.97. The molecule has 0 saturated heterocycles. The molecule has 2 unspecified atom stereocenters. The van der Waals surface area contributed by atoms with E-state index in [0.29, 0.717) is 17.1 Å². The fourth-order valence-corrected chi connectivity index (χ4v) is 2.13. The number of benzene rings is 1. The van der Waals surface area contributed by atoms with E-state index >= 15 is 0 Å². The summed E-state index contributed by atoms with van der Waals surface area (Å²) >= 11 is 0. The number of aliphatic hydroxyl groups excluding tert-OH is 1. The van der Waals surface area contributed by atoms with Gasteiger partial charge in [0.2, 0.25) is 0 Å².